The van der Waals surface area contributed by atoms with Crippen molar-refractivity contribution in [2.24, 2.45) is 5.41 Å². The van der Waals surface area contributed by atoms with Crippen molar-refractivity contribution < 1.29 is 45.7 Å². The van der Waals surface area contributed by atoms with Crippen molar-refractivity contribution >= 4 is 27.5 Å². The van der Waals surface area contributed by atoms with Gasteiger partial charge in [0.15, 0.2) is 5.65 Å². The smallest absolute Gasteiger partial charge is 0.452 e. The van der Waals surface area contributed by atoms with Crippen LogP contribution in [0.25, 0.3) is 5.65 Å². The highest BCUT2D eigenvalue weighted by molar-refractivity contribution is 7.89. The number of hydrogen-bond donors (Lipinski definition) is 2. The lowest BCUT2D eigenvalue weighted by atomic mass is 9.70. The van der Waals surface area contributed by atoms with E-state index in [1.165, 1.54) is 16.6 Å². The highest BCUT2D eigenvalue weighted by Gasteiger charge is 2.47. The van der Waals surface area contributed by atoms with Gasteiger partial charge >= 0.3 is 12.1 Å². The Morgan fingerprint density at radius 1 is 1.00 bits per heavy atom. The van der Waals surface area contributed by atoms with Crippen LogP contribution >= 0.6 is 0 Å². The van der Waals surface area contributed by atoms with Gasteiger partial charge in [-0.05, 0) is 87.1 Å². The van der Waals surface area contributed by atoms with Gasteiger partial charge in [0.05, 0.1) is 38.4 Å². The fourth-order valence-electron chi connectivity index (χ4n) is 8.30. The summed E-state index contributed by atoms with van der Waals surface area (Å²) in [6, 6.07) is 8.46. The number of rotatable bonds is 10. The van der Waals surface area contributed by atoms with Gasteiger partial charge < -0.3 is 24.6 Å². The molecule has 2 N–H and O–H groups in total. The Balaban J connectivity index is 1.27. The lowest BCUT2D eigenvalue weighted by Crippen LogP contribution is -2.50. The summed E-state index contributed by atoms with van der Waals surface area (Å²) in [6.07, 6.45) is -2.69. The van der Waals surface area contributed by atoms with Crippen molar-refractivity contribution in [1.82, 2.24) is 28.8 Å². The minimum absolute atomic E-state index is 0.00268. The number of fused-ring (bicyclic) bond motifs is 2. The fourth-order valence-corrected chi connectivity index (χ4v) is 9.92. The lowest BCUT2D eigenvalue weighted by Gasteiger charge is -2.38. The Kier molecular flexibility index (Phi) is 11.3. The van der Waals surface area contributed by atoms with Gasteiger partial charge in [0.25, 0.3) is 0 Å². The highest BCUT2D eigenvalue weighted by atomic mass is 32.2. The molecule has 18 heteroatoms. The third-order valence-corrected chi connectivity index (χ3v) is 13.5. The van der Waals surface area contributed by atoms with Gasteiger partial charge in [-0.15, -0.1) is 10.2 Å². The van der Waals surface area contributed by atoms with Crippen LogP contribution in [0.2, 0.25) is 0 Å². The van der Waals surface area contributed by atoms with Crippen LogP contribution in [0.3, 0.4) is 0 Å². The maximum absolute atomic E-state index is 14.8. The SMILES string of the molecule is Cc1ccc([C@H](c2ccn3c(C(F)(F)F)nnc3c2C)C(C)(C)C(=O)O)cc1CN1CC2(CCOCC2)Oc2nc(NC(C)CN3CCOCC3)c(C)cc2S1(=O)=O. The zero-order valence-corrected chi connectivity index (χ0v) is 34.3. The zero-order chi connectivity index (χ0) is 41.8. The molecular weight excluding hydrogens is 780 g/mol. The van der Waals surface area contributed by atoms with Gasteiger partial charge in [0, 0.05) is 57.2 Å². The number of carbonyl (C=O) groups is 1. The molecule has 0 radical (unpaired) electrons. The average Bonchev–Trinajstić information content (AvgIpc) is 3.59. The standard InChI is InChI=1S/C40H50F3N7O7S/c1-24-7-8-28(32(38(5,6)37(51)52)30-9-12-50-34(27(30)4)46-47-36(50)40(41,42)43)20-29(24)22-49-23-39(10-15-55-16-11-39)57-35-31(58(49,53)54)19-25(2)33(45-35)44-26(3)21-48-13-17-56-18-14-48/h7-9,12,19-20,26,32H,10-11,13-18,21-23H2,1-6H3,(H,44,45)(H,51,52)/t26?,32-/m1/s1. The summed E-state index contributed by atoms with van der Waals surface area (Å²) in [6.45, 7) is 14.9. The molecule has 2 fully saturated rings. The van der Waals surface area contributed by atoms with Crippen LogP contribution in [0, 0.1) is 26.2 Å². The largest absolute Gasteiger partial charge is 0.481 e. The number of carboxylic acids is 1. The number of pyridine rings is 2. The van der Waals surface area contributed by atoms with Crippen molar-refractivity contribution in [3.63, 3.8) is 0 Å². The molecule has 2 atom stereocenters. The summed E-state index contributed by atoms with van der Waals surface area (Å²) >= 11 is 0. The highest BCUT2D eigenvalue weighted by Crippen LogP contribution is 2.45. The summed E-state index contributed by atoms with van der Waals surface area (Å²) in [5.41, 5.74) is 0.907. The normalized spacial score (nSPS) is 19.9. The van der Waals surface area contributed by atoms with Crippen molar-refractivity contribution in [2.75, 3.05) is 57.9 Å². The van der Waals surface area contributed by atoms with Crippen molar-refractivity contribution in [3.8, 4) is 5.88 Å². The van der Waals surface area contributed by atoms with Crippen LogP contribution < -0.4 is 10.1 Å². The minimum atomic E-state index is -4.75. The minimum Gasteiger partial charge on any atom is -0.481 e. The summed E-state index contributed by atoms with van der Waals surface area (Å²) < 4.78 is 91.0. The molecule has 1 spiro atoms. The number of ether oxygens (including phenoxy) is 3. The average molecular weight is 830 g/mol. The number of nitrogens with one attached hydrogen (secondary N) is 1. The molecule has 1 unspecified atom stereocenters. The Hall–Kier alpha value is -4.36. The first-order valence-electron chi connectivity index (χ1n) is 19.4. The van der Waals surface area contributed by atoms with Gasteiger partial charge in [-0.2, -0.15) is 22.5 Å². The molecule has 3 aliphatic rings. The maximum atomic E-state index is 14.8. The van der Waals surface area contributed by atoms with Gasteiger partial charge in [-0.3, -0.25) is 14.1 Å². The van der Waals surface area contributed by atoms with Crippen molar-refractivity contribution in [1.29, 1.82) is 0 Å². The number of hydrogen-bond acceptors (Lipinski definition) is 11. The van der Waals surface area contributed by atoms with Crippen LogP contribution in [-0.4, -0.2) is 113 Å². The van der Waals surface area contributed by atoms with E-state index >= 15 is 0 Å². The number of benzene rings is 1. The monoisotopic (exact) mass is 829 g/mol. The summed E-state index contributed by atoms with van der Waals surface area (Å²) in [5.74, 6) is -2.64. The number of carboxylic acid groups (broad SMARTS) is 1. The van der Waals surface area contributed by atoms with Crippen LogP contribution in [0.1, 0.15) is 78.7 Å². The molecule has 0 bridgehead atoms. The predicted molar refractivity (Wildman–Crippen MR) is 207 cm³/mol. The lowest BCUT2D eigenvalue weighted by molar-refractivity contribution is -0.147. The first kappa shape index (κ1) is 41.8. The molecule has 3 aliphatic heterocycles. The van der Waals surface area contributed by atoms with Gasteiger partial charge in [-0.1, -0.05) is 18.2 Å². The third kappa shape index (κ3) is 8.00. The number of sulfonamides is 1. The number of nitrogens with zero attached hydrogens (tertiary/aromatic N) is 6. The zero-order valence-electron chi connectivity index (χ0n) is 33.5. The molecule has 1 aromatic carbocycles. The summed E-state index contributed by atoms with van der Waals surface area (Å²) in [5, 5.41) is 21.2. The molecule has 58 heavy (non-hydrogen) atoms. The first-order valence-corrected chi connectivity index (χ1v) is 20.8. The van der Waals surface area contributed by atoms with Crippen molar-refractivity contribution in [2.45, 2.75) is 89.6 Å². The molecule has 7 rings (SSSR count). The Morgan fingerprint density at radius 2 is 1.69 bits per heavy atom. The van der Waals surface area contributed by atoms with E-state index in [0.29, 0.717) is 72.9 Å². The molecule has 0 amide bonds. The molecule has 14 nitrogen and oxygen atoms in total. The number of aromatic nitrogens is 4. The second kappa shape index (κ2) is 15.7. The van der Waals surface area contributed by atoms with E-state index in [4.69, 9.17) is 19.2 Å². The predicted octanol–water partition coefficient (Wildman–Crippen LogP) is 5.58. The molecule has 4 aromatic rings. The second-order valence-corrected chi connectivity index (χ2v) is 18.2. The van der Waals surface area contributed by atoms with E-state index < -0.39 is 44.9 Å². The molecule has 0 saturated carbocycles. The Morgan fingerprint density at radius 3 is 2.36 bits per heavy atom. The molecule has 0 aliphatic carbocycles. The van der Waals surface area contributed by atoms with Gasteiger partial charge in [0.2, 0.25) is 21.7 Å². The number of aryl methyl sites for hydroxylation is 3. The number of morpholine rings is 1. The molecule has 3 aromatic heterocycles. The van der Waals surface area contributed by atoms with Gasteiger partial charge in [-0.25, -0.2) is 8.42 Å². The topological polar surface area (TPSA) is 161 Å². The van der Waals surface area contributed by atoms with Crippen LogP contribution in [0.15, 0.2) is 41.4 Å². The number of halogens is 3. The van der Waals surface area contributed by atoms with E-state index in [0.717, 1.165) is 29.6 Å². The van der Waals surface area contributed by atoms with E-state index in [1.54, 1.807) is 39.0 Å². The van der Waals surface area contributed by atoms with Crippen LogP contribution in [0.4, 0.5) is 19.0 Å². The van der Waals surface area contributed by atoms with Crippen LogP contribution in [0.5, 0.6) is 5.88 Å². The summed E-state index contributed by atoms with van der Waals surface area (Å²) in [4.78, 5) is 20.0. The maximum Gasteiger partial charge on any atom is 0.452 e. The van der Waals surface area contributed by atoms with E-state index in [1.807, 2.05) is 19.9 Å². The van der Waals surface area contributed by atoms with Crippen LogP contribution in [-0.2, 0) is 37.0 Å². The first-order chi connectivity index (χ1) is 27.3. The number of anilines is 1. The Labute approximate surface area is 335 Å². The van der Waals surface area contributed by atoms with E-state index in [9.17, 15) is 31.5 Å². The molecule has 314 valence electrons. The third-order valence-electron chi connectivity index (χ3n) is 11.7. The van der Waals surface area contributed by atoms with E-state index in [2.05, 4.69) is 27.3 Å². The number of alkyl halides is 3. The fraction of sp³-hybridized carbons (Fsp3) is 0.550. The van der Waals surface area contributed by atoms with E-state index in [-0.39, 0.29) is 35.6 Å². The molecule has 6 heterocycles. The quantitative estimate of drug-likeness (QED) is 0.205. The molecule has 2 saturated heterocycles. The van der Waals surface area contributed by atoms with Crippen molar-refractivity contribution in [3.05, 3.63) is 75.7 Å². The summed E-state index contributed by atoms with van der Waals surface area (Å²) in [7, 11) is -4.22. The van der Waals surface area contributed by atoms with Gasteiger partial charge in [0.1, 0.15) is 16.3 Å². The molecular formula is C40H50F3N7O7S. The Bertz CT molecular complexity index is 2310. The second-order valence-electron chi connectivity index (χ2n) is 16.3. The number of aliphatic carboxylic acids is 1.